The number of carbonyl (C=O) groups excluding carboxylic acids is 4. The normalized spacial score (nSPS) is 13.8. The van der Waals surface area contributed by atoms with Gasteiger partial charge in [-0.3, -0.25) is 37.3 Å². The lowest BCUT2D eigenvalue weighted by Gasteiger charge is -2.21. The fraction of sp³-hybridized carbons (Fsp3) is 0.953. The van der Waals surface area contributed by atoms with E-state index >= 15 is 0 Å². The number of hydrogen-bond acceptors (Lipinski definition) is 15. The van der Waals surface area contributed by atoms with Crippen molar-refractivity contribution in [2.75, 3.05) is 39.6 Å². The molecule has 17 nitrogen and oxygen atoms in total. The van der Waals surface area contributed by atoms with Gasteiger partial charge in [0.05, 0.1) is 26.4 Å². The second-order valence-corrected chi connectivity index (χ2v) is 34.3. The van der Waals surface area contributed by atoms with Crippen LogP contribution in [0.4, 0.5) is 0 Å². The maximum atomic E-state index is 13.1. The average molecular weight is 1540 g/mol. The van der Waals surface area contributed by atoms with Gasteiger partial charge in [-0.1, -0.05) is 413 Å². The molecule has 0 bridgehead atoms. The van der Waals surface area contributed by atoms with Crippen molar-refractivity contribution in [2.45, 2.75) is 483 Å². The first-order valence-corrected chi connectivity index (χ1v) is 47.6. The molecule has 0 amide bonds. The summed E-state index contributed by atoms with van der Waals surface area (Å²) in [5, 5.41) is 10.7. The molecule has 0 fully saturated rings. The fourth-order valence-electron chi connectivity index (χ4n) is 13.5. The van der Waals surface area contributed by atoms with Gasteiger partial charge in [0.2, 0.25) is 0 Å². The first kappa shape index (κ1) is 103. The molecule has 2 unspecified atom stereocenters. The number of ether oxygens (including phenoxy) is 4. The SMILES string of the molecule is CCCCCCCCCCCCCCCCCCC(=O)OC[C@H](COP(=O)(O)OC[C@@H](O)COP(=O)(O)OC[C@@H](COC(=O)CCCCCCCCCCCCCC)OC(=O)CCCCCCCCCCCCCCCCCC)OC(=O)CCCCCCCCCCCCCCCCCCCCC(C)C. The van der Waals surface area contributed by atoms with Crippen molar-refractivity contribution in [1.82, 2.24) is 0 Å². The third kappa shape index (κ3) is 79.9. The first-order valence-electron chi connectivity index (χ1n) is 44.6. The van der Waals surface area contributed by atoms with E-state index in [1.807, 2.05) is 0 Å². The monoisotopic (exact) mass is 1540 g/mol. The second-order valence-electron chi connectivity index (χ2n) is 31.4. The van der Waals surface area contributed by atoms with E-state index in [1.54, 1.807) is 0 Å². The number of esters is 4. The summed E-state index contributed by atoms with van der Waals surface area (Å²) in [5.74, 6) is -1.28. The Labute approximate surface area is 645 Å². The quantitative estimate of drug-likeness (QED) is 0.0222. The van der Waals surface area contributed by atoms with Crippen molar-refractivity contribution < 1.29 is 80.2 Å². The summed E-state index contributed by atoms with van der Waals surface area (Å²) in [6.45, 7) is 7.41. The lowest BCUT2D eigenvalue weighted by molar-refractivity contribution is -0.161. The van der Waals surface area contributed by atoms with Gasteiger partial charge >= 0.3 is 39.5 Å². The summed E-state index contributed by atoms with van der Waals surface area (Å²) in [6, 6.07) is 0. The van der Waals surface area contributed by atoms with Crippen LogP contribution < -0.4 is 0 Å². The van der Waals surface area contributed by atoms with Crippen LogP contribution in [0.25, 0.3) is 0 Å². The van der Waals surface area contributed by atoms with Crippen molar-refractivity contribution in [1.29, 1.82) is 0 Å². The summed E-state index contributed by atoms with van der Waals surface area (Å²) in [7, 11) is -9.93. The third-order valence-electron chi connectivity index (χ3n) is 20.3. The highest BCUT2D eigenvalue weighted by molar-refractivity contribution is 7.47. The molecule has 3 N–H and O–H groups in total. The van der Waals surface area contributed by atoms with Gasteiger partial charge in [-0.05, 0) is 31.6 Å². The minimum absolute atomic E-state index is 0.109. The zero-order chi connectivity index (χ0) is 76.9. The maximum absolute atomic E-state index is 13.1. The maximum Gasteiger partial charge on any atom is 0.472 e. The minimum atomic E-state index is -4.97. The van der Waals surface area contributed by atoms with E-state index in [-0.39, 0.29) is 25.7 Å². The molecule has 0 heterocycles. The molecule has 0 aliphatic carbocycles. The molecule has 0 spiro atoms. The predicted molar refractivity (Wildman–Crippen MR) is 432 cm³/mol. The predicted octanol–water partition coefficient (Wildman–Crippen LogP) is 26.4. The molecule has 0 aromatic carbocycles. The summed E-state index contributed by atoms with van der Waals surface area (Å²) < 4.78 is 68.9. The Morgan fingerprint density at radius 1 is 0.257 bits per heavy atom. The van der Waals surface area contributed by atoms with E-state index in [2.05, 4.69) is 34.6 Å². The van der Waals surface area contributed by atoms with Crippen LogP contribution in [0.5, 0.6) is 0 Å². The molecule has 0 rings (SSSR count). The van der Waals surface area contributed by atoms with Gasteiger partial charge in [0, 0.05) is 25.7 Å². The number of aliphatic hydroxyl groups is 1. The fourth-order valence-corrected chi connectivity index (χ4v) is 15.1. The van der Waals surface area contributed by atoms with Gasteiger partial charge in [0.25, 0.3) is 0 Å². The summed E-state index contributed by atoms with van der Waals surface area (Å²) in [4.78, 5) is 73.2. The number of phosphoric ester groups is 2. The zero-order valence-corrected chi connectivity index (χ0v) is 70.7. The molecule has 0 aliphatic heterocycles. The Kier molecular flexibility index (Phi) is 77.3. The van der Waals surface area contributed by atoms with E-state index in [9.17, 15) is 43.2 Å². The standard InChI is InChI=1S/C86H168O17P2/c1-6-9-12-15-18-21-24-27-29-36-40-45-50-55-60-65-70-84(89)97-76-82(103-86(91)72-67-62-57-52-47-42-38-34-32-31-33-35-39-43-48-53-58-63-68-79(4)5)78-101-105(94,95)99-74-80(87)73-98-104(92,93)100-77-81(75-96-83(88)69-64-59-54-49-44-26-23-20-17-14-11-8-3)102-85(90)71-66-61-56-51-46-41-37-30-28-25-22-19-16-13-10-7-2/h79-82,87H,6-78H2,1-5H3,(H,92,93)(H,94,95)/t80-,81+,82+/m0/s1. The van der Waals surface area contributed by atoms with Crippen LogP contribution in [0.1, 0.15) is 465 Å². The van der Waals surface area contributed by atoms with Gasteiger partial charge < -0.3 is 33.8 Å². The zero-order valence-electron chi connectivity index (χ0n) is 68.9. The van der Waals surface area contributed by atoms with E-state index in [0.29, 0.717) is 25.7 Å². The Hall–Kier alpha value is -1.94. The molecule has 105 heavy (non-hydrogen) atoms. The Bertz CT molecular complexity index is 2000. The lowest BCUT2D eigenvalue weighted by Crippen LogP contribution is -2.30. The Morgan fingerprint density at radius 3 is 0.648 bits per heavy atom. The van der Waals surface area contributed by atoms with E-state index in [4.69, 9.17) is 37.0 Å². The molecule has 624 valence electrons. The molecule has 0 aromatic rings. The van der Waals surface area contributed by atoms with Crippen LogP contribution in [0.2, 0.25) is 0 Å². The highest BCUT2D eigenvalue weighted by atomic mass is 31.2. The van der Waals surface area contributed by atoms with Crippen molar-refractivity contribution in [3.8, 4) is 0 Å². The summed E-state index contributed by atoms with van der Waals surface area (Å²) >= 11 is 0. The summed E-state index contributed by atoms with van der Waals surface area (Å²) in [6.07, 6.45) is 72.1. The van der Waals surface area contributed by atoms with Gasteiger partial charge in [-0.2, -0.15) is 0 Å². The van der Waals surface area contributed by atoms with Gasteiger partial charge in [0.1, 0.15) is 19.3 Å². The first-order chi connectivity index (χ1) is 51.0. The molecule has 0 aromatic heterocycles. The highest BCUT2D eigenvalue weighted by Gasteiger charge is 2.30. The molecular formula is C86H168O17P2. The molecule has 0 saturated heterocycles. The van der Waals surface area contributed by atoms with Crippen molar-refractivity contribution in [2.24, 2.45) is 5.92 Å². The van der Waals surface area contributed by atoms with Crippen LogP contribution in [0.15, 0.2) is 0 Å². The van der Waals surface area contributed by atoms with E-state index in [0.717, 1.165) is 95.8 Å². The third-order valence-corrected chi connectivity index (χ3v) is 22.2. The number of unbranched alkanes of at least 4 members (excludes halogenated alkanes) is 58. The van der Waals surface area contributed by atoms with Crippen molar-refractivity contribution >= 4 is 39.5 Å². The number of rotatable bonds is 86. The number of phosphoric acid groups is 2. The summed E-state index contributed by atoms with van der Waals surface area (Å²) in [5.41, 5.74) is 0. The second kappa shape index (κ2) is 78.7. The molecule has 0 radical (unpaired) electrons. The smallest absolute Gasteiger partial charge is 0.462 e. The Morgan fingerprint density at radius 2 is 0.438 bits per heavy atom. The average Bonchev–Trinajstić information content (AvgIpc) is 0.904. The molecule has 0 aliphatic rings. The lowest BCUT2D eigenvalue weighted by atomic mass is 10.0. The van der Waals surface area contributed by atoms with Gasteiger partial charge in [0.15, 0.2) is 12.2 Å². The van der Waals surface area contributed by atoms with Crippen LogP contribution in [-0.2, 0) is 65.4 Å². The van der Waals surface area contributed by atoms with Gasteiger partial charge in [-0.25, -0.2) is 9.13 Å². The number of aliphatic hydroxyl groups excluding tert-OH is 1. The largest absolute Gasteiger partial charge is 0.472 e. The molecule has 5 atom stereocenters. The molecule has 19 heteroatoms. The topological polar surface area (TPSA) is 237 Å². The number of hydrogen-bond donors (Lipinski definition) is 3. The van der Waals surface area contributed by atoms with Crippen LogP contribution >= 0.6 is 15.6 Å². The van der Waals surface area contributed by atoms with Crippen molar-refractivity contribution in [3.05, 3.63) is 0 Å². The van der Waals surface area contributed by atoms with Crippen molar-refractivity contribution in [3.63, 3.8) is 0 Å². The van der Waals surface area contributed by atoms with E-state index < -0.39 is 97.5 Å². The van der Waals surface area contributed by atoms with Crippen LogP contribution in [-0.4, -0.2) is 96.7 Å². The minimum Gasteiger partial charge on any atom is -0.462 e. The molecule has 0 saturated carbocycles. The van der Waals surface area contributed by atoms with E-state index in [1.165, 1.54) is 289 Å². The Balaban J connectivity index is 5.24. The van der Waals surface area contributed by atoms with Gasteiger partial charge in [-0.15, -0.1) is 0 Å². The van der Waals surface area contributed by atoms with Crippen LogP contribution in [0, 0.1) is 5.92 Å². The van der Waals surface area contributed by atoms with Crippen LogP contribution in [0.3, 0.4) is 0 Å². The highest BCUT2D eigenvalue weighted by Crippen LogP contribution is 2.45. The number of carbonyl (C=O) groups is 4. The molecular weight excluding hydrogens is 1370 g/mol.